The van der Waals surface area contributed by atoms with Gasteiger partial charge in [0.25, 0.3) is 5.56 Å². The Labute approximate surface area is 154 Å². The number of benzene rings is 1. The van der Waals surface area contributed by atoms with E-state index in [1.807, 2.05) is 0 Å². The van der Waals surface area contributed by atoms with Gasteiger partial charge in [0.2, 0.25) is 15.9 Å². The Morgan fingerprint density at radius 2 is 1.85 bits per heavy atom. The standard InChI is InChI=1S/C17H17N5O4S/c18-27(25,26)13-6-4-12(5-7-13)11-19-16(23)9-8-14-17(24)22-10-2-1-3-15(22)21-20-14/h1-7,10H,8-9,11H2,(H,19,23)(H2,18,25,26). The van der Waals surface area contributed by atoms with E-state index >= 15 is 0 Å². The average molecular weight is 387 g/mol. The SMILES string of the molecule is NS(=O)(=O)c1ccc(CNC(=O)CCc2nnc3ccccn3c2=O)cc1. The highest BCUT2D eigenvalue weighted by Crippen LogP contribution is 2.08. The van der Waals surface area contributed by atoms with Crippen LogP contribution < -0.4 is 16.0 Å². The van der Waals surface area contributed by atoms with Crippen molar-refractivity contribution in [2.45, 2.75) is 24.3 Å². The van der Waals surface area contributed by atoms with Gasteiger partial charge >= 0.3 is 0 Å². The summed E-state index contributed by atoms with van der Waals surface area (Å²) in [6.45, 7) is 0.228. The lowest BCUT2D eigenvalue weighted by molar-refractivity contribution is -0.121. The maximum atomic E-state index is 12.3. The normalized spacial score (nSPS) is 11.4. The Morgan fingerprint density at radius 1 is 1.11 bits per heavy atom. The lowest BCUT2D eigenvalue weighted by atomic mass is 10.2. The number of nitrogens with one attached hydrogen (secondary N) is 1. The van der Waals surface area contributed by atoms with Crippen molar-refractivity contribution in [2.24, 2.45) is 5.14 Å². The topological polar surface area (TPSA) is 137 Å². The van der Waals surface area contributed by atoms with Gasteiger partial charge in [0.15, 0.2) is 5.65 Å². The van der Waals surface area contributed by atoms with Gasteiger partial charge < -0.3 is 5.32 Å². The summed E-state index contributed by atoms with van der Waals surface area (Å²) in [4.78, 5) is 24.3. The molecule has 0 spiro atoms. The minimum absolute atomic E-state index is 0.00734. The highest BCUT2D eigenvalue weighted by molar-refractivity contribution is 7.89. The van der Waals surface area contributed by atoms with Crippen LogP contribution in [-0.2, 0) is 27.8 Å². The number of nitrogens with zero attached hydrogens (tertiary/aromatic N) is 3. The molecule has 0 atom stereocenters. The zero-order valence-corrected chi connectivity index (χ0v) is 15.0. The smallest absolute Gasteiger partial charge is 0.279 e. The minimum Gasteiger partial charge on any atom is -0.352 e. The Balaban J connectivity index is 1.57. The molecule has 1 aromatic carbocycles. The summed E-state index contributed by atoms with van der Waals surface area (Å²) in [5.41, 5.74) is 1.08. The second-order valence-corrected chi connectivity index (χ2v) is 7.41. The number of pyridine rings is 1. The Hall–Kier alpha value is -3.11. The van der Waals surface area contributed by atoms with E-state index in [-0.39, 0.29) is 41.4 Å². The van der Waals surface area contributed by atoms with E-state index < -0.39 is 10.0 Å². The molecule has 0 saturated carbocycles. The van der Waals surface area contributed by atoms with Gasteiger partial charge in [-0.25, -0.2) is 13.6 Å². The van der Waals surface area contributed by atoms with Crippen LogP contribution in [0.15, 0.2) is 58.4 Å². The number of nitrogens with two attached hydrogens (primary N) is 1. The van der Waals surface area contributed by atoms with E-state index in [4.69, 9.17) is 5.14 Å². The monoisotopic (exact) mass is 387 g/mol. The Kier molecular flexibility index (Phi) is 5.28. The molecule has 140 valence electrons. The molecule has 0 fully saturated rings. The summed E-state index contributed by atoms with van der Waals surface area (Å²) < 4.78 is 23.8. The molecule has 3 N–H and O–H groups in total. The van der Waals surface area contributed by atoms with Crippen LogP contribution in [0, 0.1) is 0 Å². The van der Waals surface area contributed by atoms with Crippen molar-refractivity contribution >= 4 is 21.6 Å². The third kappa shape index (κ3) is 4.54. The molecule has 9 nitrogen and oxygen atoms in total. The molecule has 0 aliphatic carbocycles. The summed E-state index contributed by atoms with van der Waals surface area (Å²) in [7, 11) is -3.74. The Morgan fingerprint density at radius 3 is 2.56 bits per heavy atom. The number of aryl methyl sites for hydroxylation is 1. The Bertz CT molecular complexity index is 1140. The van der Waals surface area contributed by atoms with Crippen molar-refractivity contribution in [1.29, 1.82) is 0 Å². The summed E-state index contributed by atoms with van der Waals surface area (Å²) in [6, 6.07) is 11.0. The van der Waals surface area contributed by atoms with Crippen molar-refractivity contribution in [3.05, 3.63) is 70.3 Å². The number of carbonyl (C=O) groups is 1. The van der Waals surface area contributed by atoms with Crippen LogP contribution in [0.25, 0.3) is 5.65 Å². The van der Waals surface area contributed by atoms with E-state index in [0.717, 1.165) is 5.56 Å². The molecule has 0 unspecified atom stereocenters. The molecule has 0 saturated heterocycles. The fraction of sp³-hybridized carbons (Fsp3) is 0.176. The zero-order chi connectivity index (χ0) is 19.4. The van der Waals surface area contributed by atoms with E-state index in [1.54, 1.807) is 36.5 Å². The van der Waals surface area contributed by atoms with Crippen molar-refractivity contribution in [2.75, 3.05) is 0 Å². The van der Waals surface area contributed by atoms with Gasteiger partial charge in [-0.15, -0.1) is 10.2 Å². The molecule has 3 aromatic rings. The number of aromatic nitrogens is 3. The van der Waals surface area contributed by atoms with Crippen molar-refractivity contribution in [1.82, 2.24) is 19.9 Å². The van der Waals surface area contributed by atoms with Crippen LogP contribution in [-0.4, -0.2) is 28.9 Å². The molecule has 0 aliphatic heterocycles. The first-order valence-corrected chi connectivity index (χ1v) is 9.60. The number of sulfonamides is 1. The van der Waals surface area contributed by atoms with Gasteiger partial charge in [0, 0.05) is 25.6 Å². The second-order valence-electron chi connectivity index (χ2n) is 5.85. The van der Waals surface area contributed by atoms with Crippen LogP contribution in [0.5, 0.6) is 0 Å². The van der Waals surface area contributed by atoms with Crippen LogP contribution in [0.4, 0.5) is 0 Å². The third-order valence-corrected chi connectivity index (χ3v) is 4.84. The van der Waals surface area contributed by atoms with Gasteiger partial charge in [0.05, 0.1) is 4.90 Å². The average Bonchev–Trinajstić information content (AvgIpc) is 2.65. The van der Waals surface area contributed by atoms with Gasteiger partial charge in [-0.1, -0.05) is 18.2 Å². The predicted molar refractivity (Wildman–Crippen MR) is 97.2 cm³/mol. The zero-order valence-electron chi connectivity index (χ0n) is 14.2. The molecule has 3 rings (SSSR count). The lowest BCUT2D eigenvalue weighted by Gasteiger charge is -2.06. The molecule has 1 amide bonds. The van der Waals surface area contributed by atoms with E-state index in [1.165, 1.54) is 16.5 Å². The quantitative estimate of drug-likeness (QED) is 0.610. The third-order valence-electron chi connectivity index (χ3n) is 3.91. The highest BCUT2D eigenvalue weighted by Gasteiger charge is 2.10. The molecule has 27 heavy (non-hydrogen) atoms. The number of amides is 1. The molecule has 0 radical (unpaired) electrons. The number of hydrogen-bond acceptors (Lipinski definition) is 6. The molecular formula is C17H17N5O4S. The van der Waals surface area contributed by atoms with E-state index in [0.29, 0.717) is 5.65 Å². The van der Waals surface area contributed by atoms with Crippen LogP contribution in [0.2, 0.25) is 0 Å². The van der Waals surface area contributed by atoms with Gasteiger partial charge in [-0.3, -0.25) is 14.0 Å². The first-order valence-electron chi connectivity index (χ1n) is 8.06. The summed E-state index contributed by atoms with van der Waals surface area (Å²) >= 11 is 0. The number of hydrogen-bond donors (Lipinski definition) is 2. The van der Waals surface area contributed by atoms with Crippen LogP contribution in [0.3, 0.4) is 0 Å². The summed E-state index contributed by atoms with van der Waals surface area (Å²) in [6.07, 6.45) is 1.85. The second kappa shape index (κ2) is 7.64. The number of fused-ring (bicyclic) bond motifs is 1. The van der Waals surface area contributed by atoms with Crippen LogP contribution >= 0.6 is 0 Å². The van der Waals surface area contributed by atoms with Crippen molar-refractivity contribution < 1.29 is 13.2 Å². The maximum Gasteiger partial charge on any atom is 0.279 e. The van der Waals surface area contributed by atoms with Gasteiger partial charge in [-0.05, 0) is 29.8 Å². The van der Waals surface area contributed by atoms with Crippen LogP contribution in [0.1, 0.15) is 17.7 Å². The van der Waals surface area contributed by atoms with Crippen molar-refractivity contribution in [3.63, 3.8) is 0 Å². The molecule has 2 aromatic heterocycles. The summed E-state index contributed by atoms with van der Waals surface area (Å²) in [5.74, 6) is -0.259. The fourth-order valence-electron chi connectivity index (χ4n) is 2.46. The molecule has 2 heterocycles. The van der Waals surface area contributed by atoms with E-state index in [9.17, 15) is 18.0 Å². The van der Waals surface area contributed by atoms with Gasteiger partial charge in [0.1, 0.15) is 5.69 Å². The van der Waals surface area contributed by atoms with Gasteiger partial charge in [-0.2, -0.15) is 0 Å². The minimum atomic E-state index is -3.74. The number of rotatable bonds is 6. The molecule has 10 heteroatoms. The first kappa shape index (κ1) is 18.7. The first-order chi connectivity index (χ1) is 12.8. The predicted octanol–water partition coefficient (Wildman–Crippen LogP) is -0.0141. The molecule has 0 bridgehead atoms. The maximum absolute atomic E-state index is 12.3. The largest absolute Gasteiger partial charge is 0.352 e. The fourth-order valence-corrected chi connectivity index (χ4v) is 2.97. The number of carbonyl (C=O) groups excluding carboxylic acids is 1. The summed E-state index contributed by atoms with van der Waals surface area (Å²) in [5, 5.41) is 15.6. The lowest BCUT2D eigenvalue weighted by Crippen LogP contribution is -2.26. The number of primary sulfonamides is 1. The van der Waals surface area contributed by atoms with E-state index in [2.05, 4.69) is 15.5 Å². The molecular weight excluding hydrogens is 370 g/mol. The highest BCUT2D eigenvalue weighted by atomic mass is 32.2. The molecule has 0 aliphatic rings. The van der Waals surface area contributed by atoms with Crippen molar-refractivity contribution in [3.8, 4) is 0 Å².